The van der Waals surface area contributed by atoms with E-state index in [1.54, 1.807) is 6.08 Å². The van der Waals surface area contributed by atoms with Crippen LogP contribution in [0, 0.1) is 39.9 Å². The minimum Gasteiger partial charge on any atom is -0.481 e. The van der Waals surface area contributed by atoms with Crippen molar-refractivity contribution in [1.82, 2.24) is 0 Å². The first-order chi connectivity index (χ1) is 14.8. The molecular formula is C26H38O6. The van der Waals surface area contributed by atoms with Crippen LogP contribution < -0.4 is 0 Å². The summed E-state index contributed by atoms with van der Waals surface area (Å²) in [6.07, 6.45) is 6.36. The molecule has 0 saturated heterocycles. The molecule has 0 radical (unpaired) electrons. The monoisotopic (exact) mass is 446 g/mol. The minimum absolute atomic E-state index is 0.0227. The molecule has 0 spiro atoms. The van der Waals surface area contributed by atoms with Gasteiger partial charge in [0.1, 0.15) is 0 Å². The van der Waals surface area contributed by atoms with Gasteiger partial charge in [-0.25, -0.2) is 0 Å². The highest BCUT2D eigenvalue weighted by molar-refractivity contribution is 5.92. The molecule has 32 heavy (non-hydrogen) atoms. The molecular weight excluding hydrogens is 408 g/mol. The molecule has 6 nitrogen and oxygen atoms in total. The molecule has 0 aromatic rings. The van der Waals surface area contributed by atoms with Gasteiger partial charge in [0.05, 0.1) is 11.0 Å². The van der Waals surface area contributed by atoms with Gasteiger partial charge in [-0.05, 0) is 85.5 Å². The standard InChI is InChI=1S/C26H38O6/c1-15(2)26(22(30)31)14-16-13-17(27)5-9-23(16,3)18-6-10-24(4)19(21(18)26)7-11-25(24,32)12-8-20(28)29/h13,15,18-19,21,32H,5-12,14H2,1-4H3,(H,28,29)(H,30,31)/t18?,19?,21?,23-,24-,25+,26-/m0/s1. The number of allylic oxidation sites excluding steroid dienone is 1. The lowest BCUT2D eigenvalue weighted by Gasteiger charge is -2.65. The van der Waals surface area contributed by atoms with Crippen LogP contribution in [0.5, 0.6) is 0 Å². The maximum Gasteiger partial charge on any atom is 0.310 e. The number of ketones is 1. The molecule has 3 N–H and O–H groups in total. The molecule has 4 aliphatic carbocycles. The predicted molar refractivity (Wildman–Crippen MR) is 119 cm³/mol. The average molecular weight is 447 g/mol. The number of hydrogen-bond donors (Lipinski definition) is 3. The Morgan fingerprint density at radius 3 is 2.34 bits per heavy atom. The number of fused-ring (bicyclic) bond motifs is 5. The minimum atomic E-state index is -1.08. The Bertz CT molecular complexity index is 876. The van der Waals surface area contributed by atoms with Crippen molar-refractivity contribution in [2.45, 2.75) is 91.1 Å². The molecule has 3 saturated carbocycles. The number of hydrogen-bond acceptors (Lipinski definition) is 4. The lowest BCUT2D eigenvalue weighted by Crippen LogP contribution is -2.63. The first-order valence-electron chi connectivity index (χ1n) is 12.2. The van der Waals surface area contributed by atoms with Gasteiger partial charge in [0, 0.05) is 12.8 Å². The van der Waals surface area contributed by atoms with Crippen LogP contribution in [0.3, 0.4) is 0 Å². The highest BCUT2D eigenvalue weighted by atomic mass is 16.4. The highest BCUT2D eigenvalue weighted by Crippen LogP contribution is 2.72. The van der Waals surface area contributed by atoms with Gasteiger partial charge in [-0.1, -0.05) is 33.3 Å². The number of carboxylic acid groups (broad SMARTS) is 2. The molecule has 7 atom stereocenters. The summed E-state index contributed by atoms with van der Waals surface area (Å²) in [5.74, 6) is -1.66. The van der Waals surface area contributed by atoms with Gasteiger partial charge in [-0.2, -0.15) is 0 Å². The highest BCUT2D eigenvalue weighted by Gasteiger charge is 2.70. The molecule has 0 aromatic heterocycles. The SMILES string of the molecule is CC(C)[C@@]1(C(=O)O)CC2=CC(=O)CC[C@]2(C)C2CC[C@@]3(C)C(CC[C@@]3(O)CCC(=O)O)C21. The first-order valence-corrected chi connectivity index (χ1v) is 12.2. The fraction of sp³-hybridized carbons (Fsp3) is 0.808. The second kappa shape index (κ2) is 7.41. The number of aliphatic carboxylic acids is 2. The van der Waals surface area contributed by atoms with Crippen molar-refractivity contribution in [2.75, 3.05) is 0 Å². The summed E-state index contributed by atoms with van der Waals surface area (Å²) in [7, 11) is 0. The fourth-order valence-corrected chi connectivity index (χ4v) is 8.55. The summed E-state index contributed by atoms with van der Waals surface area (Å²) >= 11 is 0. The van der Waals surface area contributed by atoms with Crippen molar-refractivity contribution < 1.29 is 29.7 Å². The molecule has 4 rings (SSSR count). The Morgan fingerprint density at radius 1 is 1.09 bits per heavy atom. The second-order valence-corrected chi connectivity index (χ2v) is 11.9. The lowest BCUT2D eigenvalue weighted by molar-refractivity contribution is -0.193. The van der Waals surface area contributed by atoms with Crippen LogP contribution >= 0.6 is 0 Å². The van der Waals surface area contributed by atoms with E-state index in [9.17, 15) is 29.7 Å². The van der Waals surface area contributed by atoms with Crippen molar-refractivity contribution >= 4 is 17.7 Å². The number of rotatable bonds is 5. The van der Waals surface area contributed by atoms with Gasteiger partial charge >= 0.3 is 11.9 Å². The molecule has 4 aliphatic rings. The maximum absolute atomic E-state index is 13.0. The third kappa shape index (κ3) is 2.97. The number of aliphatic hydroxyl groups is 1. The molecule has 0 aliphatic heterocycles. The third-order valence-corrected chi connectivity index (χ3v) is 10.6. The van der Waals surface area contributed by atoms with Gasteiger partial charge < -0.3 is 15.3 Å². The number of carbonyl (C=O) groups is 3. The van der Waals surface area contributed by atoms with Crippen LogP contribution in [-0.2, 0) is 14.4 Å². The second-order valence-electron chi connectivity index (χ2n) is 11.9. The van der Waals surface area contributed by atoms with E-state index >= 15 is 0 Å². The van der Waals surface area contributed by atoms with Crippen LogP contribution in [0.1, 0.15) is 85.5 Å². The number of carboxylic acids is 2. The van der Waals surface area contributed by atoms with Gasteiger partial charge in [0.25, 0.3) is 0 Å². The van der Waals surface area contributed by atoms with Gasteiger partial charge in [0.2, 0.25) is 0 Å². The lowest BCUT2D eigenvalue weighted by atomic mass is 9.39. The molecule has 3 unspecified atom stereocenters. The zero-order chi connectivity index (χ0) is 23.7. The van der Waals surface area contributed by atoms with E-state index in [2.05, 4.69) is 13.8 Å². The van der Waals surface area contributed by atoms with Crippen LogP contribution in [0.15, 0.2) is 11.6 Å². The van der Waals surface area contributed by atoms with Gasteiger partial charge in [-0.15, -0.1) is 0 Å². The van der Waals surface area contributed by atoms with Gasteiger partial charge in [0.15, 0.2) is 5.78 Å². The average Bonchev–Trinajstić information content (AvgIpc) is 2.97. The maximum atomic E-state index is 13.0. The molecule has 3 fully saturated rings. The van der Waals surface area contributed by atoms with Crippen molar-refractivity contribution in [1.29, 1.82) is 0 Å². The topological polar surface area (TPSA) is 112 Å². The van der Waals surface area contributed by atoms with Crippen molar-refractivity contribution in [3.05, 3.63) is 11.6 Å². The Morgan fingerprint density at radius 2 is 1.75 bits per heavy atom. The summed E-state index contributed by atoms with van der Waals surface area (Å²) in [6, 6.07) is 0. The largest absolute Gasteiger partial charge is 0.481 e. The van der Waals surface area contributed by atoms with Crippen LogP contribution in [0.2, 0.25) is 0 Å². The van der Waals surface area contributed by atoms with Crippen molar-refractivity contribution in [2.24, 2.45) is 39.9 Å². The van der Waals surface area contributed by atoms with Crippen molar-refractivity contribution in [3.63, 3.8) is 0 Å². The molecule has 0 bridgehead atoms. The molecule has 0 aromatic carbocycles. The fourth-order valence-electron chi connectivity index (χ4n) is 8.55. The molecule has 0 heterocycles. The van der Waals surface area contributed by atoms with E-state index < -0.39 is 28.4 Å². The summed E-state index contributed by atoms with van der Waals surface area (Å²) < 4.78 is 0. The van der Waals surface area contributed by atoms with E-state index in [1.165, 1.54) is 0 Å². The Balaban J connectivity index is 1.84. The van der Waals surface area contributed by atoms with Crippen LogP contribution in [-0.4, -0.2) is 38.6 Å². The summed E-state index contributed by atoms with van der Waals surface area (Å²) in [6.45, 7) is 8.27. The predicted octanol–water partition coefficient (Wildman–Crippen LogP) is 4.45. The summed E-state index contributed by atoms with van der Waals surface area (Å²) in [5, 5.41) is 31.6. The summed E-state index contributed by atoms with van der Waals surface area (Å²) in [4.78, 5) is 36.6. The molecule has 6 heteroatoms. The smallest absolute Gasteiger partial charge is 0.310 e. The van der Waals surface area contributed by atoms with E-state index in [4.69, 9.17) is 0 Å². The molecule has 178 valence electrons. The first kappa shape index (κ1) is 23.5. The molecule has 0 amide bonds. The quantitative estimate of drug-likeness (QED) is 0.575. The van der Waals surface area contributed by atoms with E-state index in [-0.39, 0.29) is 47.7 Å². The Hall–Kier alpha value is -1.69. The van der Waals surface area contributed by atoms with E-state index in [0.29, 0.717) is 19.3 Å². The third-order valence-electron chi connectivity index (χ3n) is 10.6. The Labute approximate surface area is 190 Å². The van der Waals surface area contributed by atoms with Crippen LogP contribution in [0.4, 0.5) is 0 Å². The van der Waals surface area contributed by atoms with E-state index in [0.717, 1.165) is 31.3 Å². The van der Waals surface area contributed by atoms with Crippen molar-refractivity contribution in [3.8, 4) is 0 Å². The zero-order valence-electron chi connectivity index (χ0n) is 19.8. The summed E-state index contributed by atoms with van der Waals surface area (Å²) in [5.41, 5.74) is -1.75. The number of carbonyl (C=O) groups excluding carboxylic acids is 1. The van der Waals surface area contributed by atoms with Crippen LogP contribution in [0.25, 0.3) is 0 Å². The van der Waals surface area contributed by atoms with Gasteiger partial charge in [-0.3, -0.25) is 14.4 Å². The zero-order valence-corrected chi connectivity index (χ0v) is 19.8. The Kier molecular flexibility index (Phi) is 5.43. The van der Waals surface area contributed by atoms with E-state index in [1.807, 2.05) is 13.8 Å². The normalized spacial score (nSPS) is 45.6.